The number of hydrogen-bond donors (Lipinski definition) is 1. The molecule has 0 aliphatic carbocycles. The molecule has 0 saturated carbocycles. The summed E-state index contributed by atoms with van der Waals surface area (Å²) in [5.41, 5.74) is 0.752. The number of primary sulfonamides is 1. The van der Waals surface area contributed by atoms with Crippen LogP contribution in [-0.4, -0.2) is 33.8 Å². The van der Waals surface area contributed by atoms with Crippen LogP contribution in [0.2, 0.25) is 0 Å². The summed E-state index contributed by atoms with van der Waals surface area (Å²) >= 11 is 0. The van der Waals surface area contributed by atoms with Crippen LogP contribution in [0.5, 0.6) is 0 Å². The van der Waals surface area contributed by atoms with Gasteiger partial charge in [-0.3, -0.25) is 0 Å². The molecule has 0 unspecified atom stereocenters. The van der Waals surface area contributed by atoms with Crippen molar-refractivity contribution in [2.75, 3.05) is 5.75 Å². The Morgan fingerprint density at radius 3 is 2.93 bits per heavy atom. The van der Waals surface area contributed by atoms with E-state index in [0.717, 1.165) is 5.56 Å². The Morgan fingerprint density at radius 2 is 2.20 bits per heavy atom. The zero-order valence-corrected chi connectivity index (χ0v) is 8.55. The third-order valence-electron chi connectivity index (χ3n) is 1.86. The Hall–Kier alpha value is -1.54. The molecule has 7 nitrogen and oxygen atoms in total. The smallest absolute Gasteiger partial charge is 0.229 e. The minimum Gasteiger partial charge on any atom is -0.229 e. The average Bonchev–Trinajstić information content (AvgIpc) is 2.60. The molecule has 0 amide bonds. The minimum absolute atomic E-state index is 0.102. The summed E-state index contributed by atoms with van der Waals surface area (Å²) in [7, 11) is -3.44. The van der Waals surface area contributed by atoms with E-state index in [-0.39, 0.29) is 5.75 Å². The molecule has 8 heteroatoms. The van der Waals surface area contributed by atoms with Gasteiger partial charge in [0, 0.05) is 12.4 Å². The van der Waals surface area contributed by atoms with Crippen LogP contribution >= 0.6 is 0 Å². The molecule has 0 atom stereocenters. The van der Waals surface area contributed by atoms with E-state index >= 15 is 0 Å². The second kappa shape index (κ2) is 3.55. The topological polar surface area (TPSA) is 103 Å². The van der Waals surface area contributed by atoms with Crippen LogP contribution in [0.1, 0.15) is 5.56 Å². The van der Waals surface area contributed by atoms with Gasteiger partial charge in [0.05, 0.1) is 5.75 Å². The average molecular weight is 227 g/mol. The summed E-state index contributed by atoms with van der Waals surface area (Å²) in [6, 6.07) is 0. The van der Waals surface area contributed by atoms with Gasteiger partial charge in [-0.05, 0) is 12.0 Å². The number of hydrogen-bond acceptors (Lipinski definition) is 5. The first-order chi connectivity index (χ1) is 7.04. The van der Waals surface area contributed by atoms with Crippen LogP contribution in [0.4, 0.5) is 0 Å². The van der Waals surface area contributed by atoms with Gasteiger partial charge in [0.1, 0.15) is 6.33 Å². The van der Waals surface area contributed by atoms with Gasteiger partial charge in [-0.1, -0.05) is 0 Å². The molecule has 15 heavy (non-hydrogen) atoms. The van der Waals surface area contributed by atoms with E-state index < -0.39 is 10.0 Å². The Labute approximate surface area is 86.0 Å². The predicted octanol–water partition coefficient (Wildman–Crippen LogP) is -1.04. The van der Waals surface area contributed by atoms with E-state index in [1.165, 1.54) is 10.8 Å². The molecule has 2 N–H and O–H groups in total. The van der Waals surface area contributed by atoms with Gasteiger partial charge in [0.25, 0.3) is 5.78 Å². The second-order valence-corrected chi connectivity index (χ2v) is 4.82. The maximum Gasteiger partial charge on any atom is 0.252 e. The molecule has 0 saturated heterocycles. The Bertz CT molecular complexity index is 576. The molecule has 0 radical (unpaired) electrons. The van der Waals surface area contributed by atoms with Crippen LogP contribution < -0.4 is 5.14 Å². The van der Waals surface area contributed by atoms with E-state index in [2.05, 4.69) is 15.1 Å². The summed E-state index contributed by atoms with van der Waals surface area (Å²) in [4.78, 5) is 7.86. The van der Waals surface area contributed by atoms with Crippen molar-refractivity contribution >= 4 is 15.8 Å². The number of nitrogens with zero attached hydrogens (tertiary/aromatic N) is 4. The molecule has 0 bridgehead atoms. The number of aromatic nitrogens is 4. The number of rotatable bonds is 3. The molecule has 2 rings (SSSR count). The van der Waals surface area contributed by atoms with Crippen molar-refractivity contribution in [2.24, 2.45) is 5.14 Å². The lowest BCUT2D eigenvalue weighted by Crippen LogP contribution is -2.18. The van der Waals surface area contributed by atoms with Crippen LogP contribution in [0.3, 0.4) is 0 Å². The summed E-state index contributed by atoms with van der Waals surface area (Å²) in [6.07, 6.45) is 4.95. The quantitative estimate of drug-likeness (QED) is 0.721. The number of sulfonamides is 1. The third-order valence-corrected chi connectivity index (χ3v) is 2.64. The number of nitrogens with two attached hydrogens (primary N) is 1. The largest absolute Gasteiger partial charge is 0.252 e. The molecule has 2 aromatic rings. The highest BCUT2D eigenvalue weighted by Crippen LogP contribution is 2.01. The van der Waals surface area contributed by atoms with Crippen LogP contribution in [0, 0.1) is 0 Å². The molecule has 0 aliphatic heterocycles. The van der Waals surface area contributed by atoms with Gasteiger partial charge < -0.3 is 0 Å². The fraction of sp³-hybridized carbons (Fsp3) is 0.286. The molecular weight excluding hydrogens is 218 g/mol. The minimum atomic E-state index is -3.44. The van der Waals surface area contributed by atoms with Gasteiger partial charge in [0.15, 0.2) is 0 Å². The monoisotopic (exact) mass is 227 g/mol. The molecule has 0 fully saturated rings. The van der Waals surface area contributed by atoms with Crippen molar-refractivity contribution in [3.05, 3.63) is 24.3 Å². The lowest BCUT2D eigenvalue weighted by atomic mass is 10.3. The summed E-state index contributed by atoms with van der Waals surface area (Å²) in [5, 5.41) is 8.78. The van der Waals surface area contributed by atoms with Crippen molar-refractivity contribution in [1.29, 1.82) is 0 Å². The molecule has 2 aromatic heterocycles. The first-order valence-electron chi connectivity index (χ1n) is 4.19. The zero-order chi connectivity index (χ0) is 10.9. The van der Waals surface area contributed by atoms with E-state index in [0.29, 0.717) is 12.2 Å². The summed E-state index contributed by atoms with van der Waals surface area (Å²) in [5.74, 6) is 0.379. The molecule has 0 aliphatic rings. The van der Waals surface area contributed by atoms with Crippen molar-refractivity contribution in [3.63, 3.8) is 0 Å². The van der Waals surface area contributed by atoms with Crippen LogP contribution in [-0.2, 0) is 16.4 Å². The molecule has 0 spiro atoms. The fourth-order valence-corrected chi connectivity index (χ4v) is 1.67. The van der Waals surface area contributed by atoms with Gasteiger partial charge in [-0.15, -0.1) is 0 Å². The Kier molecular flexibility index (Phi) is 2.37. The molecule has 80 valence electrons. The van der Waals surface area contributed by atoms with Gasteiger partial charge >= 0.3 is 0 Å². The standard InChI is InChI=1S/C7H9N5O2S/c8-15(13,14)2-1-6-3-9-7-10-5-11-12(7)4-6/h3-5H,1-2H2,(H2,8,13,14). The highest BCUT2D eigenvalue weighted by atomic mass is 32.2. The van der Waals surface area contributed by atoms with Crippen molar-refractivity contribution in [3.8, 4) is 0 Å². The summed E-state index contributed by atoms with van der Waals surface area (Å²) in [6.45, 7) is 0. The van der Waals surface area contributed by atoms with Gasteiger partial charge in [-0.2, -0.15) is 10.1 Å². The molecular formula is C7H9N5O2S. The number of aryl methyl sites for hydroxylation is 1. The first kappa shape index (κ1) is 9.99. The van der Waals surface area contributed by atoms with Gasteiger partial charge in [0.2, 0.25) is 10.0 Å². The zero-order valence-electron chi connectivity index (χ0n) is 7.74. The van der Waals surface area contributed by atoms with E-state index in [9.17, 15) is 8.42 Å². The highest BCUT2D eigenvalue weighted by Gasteiger charge is 2.05. The van der Waals surface area contributed by atoms with Crippen molar-refractivity contribution < 1.29 is 8.42 Å². The van der Waals surface area contributed by atoms with E-state index in [4.69, 9.17) is 5.14 Å². The second-order valence-electron chi connectivity index (χ2n) is 3.08. The third kappa shape index (κ3) is 2.48. The van der Waals surface area contributed by atoms with Crippen LogP contribution in [0.15, 0.2) is 18.7 Å². The highest BCUT2D eigenvalue weighted by molar-refractivity contribution is 7.89. The lowest BCUT2D eigenvalue weighted by Gasteiger charge is -1.99. The fourth-order valence-electron chi connectivity index (χ4n) is 1.15. The van der Waals surface area contributed by atoms with E-state index in [1.807, 2.05) is 0 Å². The Balaban J connectivity index is 2.21. The lowest BCUT2D eigenvalue weighted by molar-refractivity contribution is 0.597. The van der Waals surface area contributed by atoms with Crippen LogP contribution in [0.25, 0.3) is 5.78 Å². The maximum absolute atomic E-state index is 10.7. The Morgan fingerprint density at radius 1 is 1.40 bits per heavy atom. The number of fused-ring (bicyclic) bond motifs is 1. The maximum atomic E-state index is 10.7. The SMILES string of the molecule is NS(=O)(=O)CCc1cnc2ncnn2c1. The molecule has 0 aromatic carbocycles. The summed E-state index contributed by atoms with van der Waals surface area (Å²) < 4.78 is 23.0. The molecule has 2 heterocycles. The normalized spacial score (nSPS) is 12.1. The first-order valence-corrected chi connectivity index (χ1v) is 5.91. The van der Waals surface area contributed by atoms with E-state index in [1.54, 1.807) is 12.4 Å². The van der Waals surface area contributed by atoms with Crippen molar-refractivity contribution in [2.45, 2.75) is 6.42 Å². The van der Waals surface area contributed by atoms with Crippen molar-refractivity contribution in [1.82, 2.24) is 19.6 Å². The predicted molar refractivity (Wildman–Crippen MR) is 52.5 cm³/mol. The van der Waals surface area contributed by atoms with Gasteiger partial charge in [-0.25, -0.2) is 23.1 Å².